The number of anilines is 1. The molecule has 0 unspecified atom stereocenters. The molecule has 182 valence electrons. The van der Waals surface area contributed by atoms with Crippen LogP contribution in [0.25, 0.3) is 0 Å². The van der Waals surface area contributed by atoms with Gasteiger partial charge < -0.3 is 14.8 Å². The van der Waals surface area contributed by atoms with E-state index in [1.165, 1.54) is 24.4 Å². The van der Waals surface area contributed by atoms with Crippen LogP contribution >= 0.6 is 11.6 Å². The highest BCUT2D eigenvalue weighted by Gasteiger charge is 2.10. The first-order chi connectivity index (χ1) is 16.9. The Morgan fingerprint density at radius 1 is 0.971 bits per heavy atom. The fourth-order valence-electron chi connectivity index (χ4n) is 2.97. The van der Waals surface area contributed by atoms with Gasteiger partial charge in [-0.15, -0.1) is 0 Å². The van der Waals surface area contributed by atoms with Gasteiger partial charge in [-0.25, -0.2) is 9.82 Å². The van der Waals surface area contributed by atoms with Crippen molar-refractivity contribution in [3.05, 3.63) is 88.7 Å². The third-order valence-corrected chi connectivity index (χ3v) is 4.96. The molecule has 0 spiro atoms. The third kappa shape index (κ3) is 8.42. The molecule has 0 aromatic heterocycles. The first-order valence-electron chi connectivity index (χ1n) is 10.9. The van der Waals surface area contributed by atoms with Gasteiger partial charge in [0.05, 0.1) is 18.5 Å². The number of halogens is 2. The molecule has 0 aliphatic rings. The maximum Gasteiger partial charge on any atom is 0.240 e. The zero-order valence-electron chi connectivity index (χ0n) is 19.1. The third-order valence-electron chi connectivity index (χ3n) is 4.71. The molecule has 0 aliphatic carbocycles. The molecule has 2 N–H and O–H groups in total. The van der Waals surface area contributed by atoms with Crippen LogP contribution in [0.1, 0.15) is 30.9 Å². The first kappa shape index (κ1) is 25.7. The largest absolute Gasteiger partial charge is 0.490 e. The molecule has 35 heavy (non-hydrogen) atoms. The van der Waals surface area contributed by atoms with Gasteiger partial charge in [-0.1, -0.05) is 35.9 Å². The van der Waals surface area contributed by atoms with Gasteiger partial charge in [0, 0.05) is 17.9 Å². The summed E-state index contributed by atoms with van der Waals surface area (Å²) in [5, 5.41) is 7.01. The Morgan fingerprint density at radius 2 is 1.71 bits per heavy atom. The molecular weight excluding hydrogens is 473 g/mol. The number of ether oxygens (including phenoxy) is 2. The van der Waals surface area contributed by atoms with Crippen molar-refractivity contribution in [2.75, 3.05) is 11.9 Å². The van der Waals surface area contributed by atoms with Gasteiger partial charge in [0.15, 0.2) is 11.5 Å². The van der Waals surface area contributed by atoms with Crippen molar-refractivity contribution in [3.8, 4) is 11.5 Å². The van der Waals surface area contributed by atoms with E-state index in [4.69, 9.17) is 21.1 Å². The van der Waals surface area contributed by atoms with Crippen LogP contribution in [0.5, 0.6) is 11.5 Å². The van der Waals surface area contributed by atoms with E-state index in [2.05, 4.69) is 15.8 Å². The average Bonchev–Trinajstić information content (AvgIpc) is 2.85. The van der Waals surface area contributed by atoms with E-state index in [1.54, 1.807) is 36.4 Å². The summed E-state index contributed by atoms with van der Waals surface area (Å²) in [4.78, 5) is 23.9. The van der Waals surface area contributed by atoms with E-state index in [0.717, 1.165) is 5.56 Å². The highest BCUT2D eigenvalue weighted by molar-refractivity contribution is 6.30. The fourth-order valence-corrected chi connectivity index (χ4v) is 3.10. The van der Waals surface area contributed by atoms with Crippen LogP contribution in [-0.2, 0) is 16.2 Å². The first-order valence-corrected chi connectivity index (χ1v) is 11.3. The Labute approximate surface area is 207 Å². The van der Waals surface area contributed by atoms with Gasteiger partial charge >= 0.3 is 0 Å². The predicted octanol–water partition coefficient (Wildman–Crippen LogP) is 5.33. The molecule has 0 fully saturated rings. The molecule has 0 bridgehead atoms. The minimum Gasteiger partial charge on any atom is -0.490 e. The Bertz CT molecular complexity index is 1190. The molecule has 3 aromatic rings. The van der Waals surface area contributed by atoms with Gasteiger partial charge in [0.1, 0.15) is 12.4 Å². The maximum atomic E-state index is 13.6. The van der Waals surface area contributed by atoms with Crippen LogP contribution in [0, 0.1) is 5.82 Å². The molecule has 3 rings (SSSR count). The van der Waals surface area contributed by atoms with Crippen LogP contribution in [0.4, 0.5) is 10.1 Å². The molecule has 0 saturated carbocycles. The summed E-state index contributed by atoms with van der Waals surface area (Å²) >= 11 is 5.91. The number of hydrogen-bond donors (Lipinski definition) is 2. The lowest BCUT2D eigenvalue weighted by atomic mass is 10.2. The predicted molar refractivity (Wildman–Crippen MR) is 133 cm³/mol. The number of nitrogens with zero attached hydrogens (tertiary/aromatic N) is 1. The van der Waals surface area contributed by atoms with Gasteiger partial charge in [0.2, 0.25) is 11.8 Å². The minimum atomic E-state index is -0.539. The second-order valence-electron chi connectivity index (χ2n) is 7.38. The molecule has 9 heteroatoms. The zero-order chi connectivity index (χ0) is 25.0. The van der Waals surface area contributed by atoms with E-state index in [1.807, 2.05) is 19.1 Å². The number of amides is 2. The highest BCUT2D eigenvalue weighted by atomic mass is 35.5. The number of hydrogen-bond acceptors (Lipinski definition) is 5. The molecule has 0 aliphatic heterocycles. The van der Waals surface area contributed by atoms with E-state index in [9.17, 15) is 14.0 Å². The van der Waals surface area contributed by atoms with Gasteiger partial charge in [-0.05, 0) is 60.5 Å². The van der Waals surface area contributed by atoms with Crippen LogP contribution in [0.2, 0.25) is 5.02 Å². The lowest BCUT2D eigenvalue weighted by Crippen LogP contribution is -2.21. The number of carbonyl (C=O) groups is 2. The summed E-state index contributed by atoms with van der Waals surface area (Å²) in [6.45, 7) is 2.67. The fraction of sp³-hybridized carbons (Fsp3) is 0.192. The van der Waals surface area contributed by atoms with E-state index in [-0.39, 0.29) is 18.5 Å². The highest BCUT2D eigenvalue weighted by Crippen LogP contribution is 2.29. The SMILES string of the molecule is CCOc1cc(C=NNC(=O)CCC(=O)Nc2ccccc2F)ccc1OCc1ccc(Cl)cc1. The number of benzene rings is 3. The van der Waals surface area contributed by atoms with Crippen LogP contribution < -0.4 is 20.2 Å². The summed E-state index contributed by atoms with van der Waals surface area (Å²) < 4.78 is 25.1. The van der Waals surface area contributed by atoms with Gasteiger partial charge in [-0.3, -0.25) is 9.59 Å². The second-order valence-corrected chi connectivity index (χ2v) is 7.81. The smallest absolute Gasteiger partial charge is 0.240 e. The van der Waals surface area contributed by atoms with Crippen LogP contribution in [0.15, 0.2) is 71.8 Å². The van der Waals surface area contributed by atoms with Crippen molar-refractivity contribution in [2.24, 2.45) is 5.10 Å². The summed E-state index contributed by atoms with van der Waals surface area (Å²) in [6.07, 6.45) is 1.26. The maximum absolute atomic E-state index is 13.6. The average molecular weight is 498 g/mol. The van der Waals surface area contributed by atoms with Crippen molar-refractivity contribution in [3.63, 3.8) is 0 Å². The molecule has 2 amide bonds. The van der Waals surface area contributed by atoms with Crippen molar-refractivity contribution in [2.45, 2.75) is 26.4 Å². The lowest BCUT2D eigenvalue weighted by molar-refractivity contribution is -0.124. The van der Waals surface area contributed by atoms with Crippen molar-refractivity contribution in [1.29, 1.82) is 0 Å². The minimum absolute atomic E-state index is 0.0709. The monoisotopic (exact) mass is 497 g/mol. The lowest BCUT2D eigenvalue weighted by Gasteiger charge is -2.12. The van der Waals surface area contributed by atoms with E-state index >= 15 is 0 Å². The van der Waals surface area contributed by atoms with E-state index in [0.29, 0.717) is 35.3 Å². The number of hydrazone groups is 1. The molecule has 0 saturated heterocycles. The Kier molecular flexibility index (Phi) is 9.62. The van der Waals surface area contributed by atoms with Crippen molar-refractivity contribution in [1.82, 2.24) is 5.43 Å². The summed E-state index contributed by atoms with van der Waals surface area (Å²) in [5.41, 5.74) is 4.09. The number of carbonyl (C=O) groups excluding carboxylic acids is 2. The van der Waals surface area contributed by atoms with Crippen LogP contribution in [0.3, 0.4) is 0 Å². The Morgan fingerprint density at radius 3 is 2.46 bits per heavy atom. The summed E-state index contributed by atoms with van der Waals surface area (Å²) in [5.74, 6) is -0.337. The molecule has 3 aromatic carbocycles. The second kappa shape index (κ2) is 13.1. The molecule has 0 atom stereocenters. The Balaban J connectivity index is 1.49. The summed E-state index contributed by atoms with van der Waals surface area (Å²) in [6, 6.07) is 18.5. The molecular formula is C26H25ClFN3O4. The van der Waals surface area contributed by atoms with Gasteiger partial charge in [-0.2, -0.15) is 5.10 Å². The molecule has 7 nitrogen and oxygen atoms in total. The standard InChI is InChI=1S/C26H25ClFN3O4/c1-2-34-24-15-19(9-12-23(24)35-17-18-7-10-20(27)11-8-18)16-29-31-26(33)14-13-25(32)30-22-6-4-3-5-21(22)28/h3-12,15-16H,2,13-14,17H2,1H3,(H,30,32)(H,31,33). The topological polar surface area (TPSA) is 89.0 Å². The van der Waals surface area contributed by atoms with Crippen molar-refractivity contribution >= 4 is 35.3 Å². The molecule has 0 heterocycles. The van der Waals surface area contributed by atoms with E-state index < -0.39 is 17.6 Å². The van der Waals surface area contributed by atoms with Crippen molar-refractivity contribution < 1.29 is 23.5 Å². The number of rotatable bonds is 11. The zero-order valence-corrected chi connectivity index (χ0v) is 19.8. The normalized spacial score (nSPS) is 10.7. The Hall–Kier alpha value is -3.91. The van der Waals surface area contributed by atoms with Gasteiger partial charge in [0.25, 0.3) is 0 Å². The quantitative estimate of drug-likeness (QED) is 0.277. The van der Waals surface area contributed by atoms with Crippen LogP contribution in [-0.4, -0.2) is 24.6 Å². The number of para-hydroxylation sites is 1. The number of nitrogens with one attached hydrogen (secondary N) is 2. The summed E-state index contributed by atoms with van der Waals surface area (Å²) in [7, 11) is 0. The molecule has 0 radical (unpaired) electrons.